The van der Waals surface area contributed by atoms with Crippen LogP contribution >= 0.6 is 12.4 Å². The van der Waals surface area contributed by atoms with Gasteiger partial charge in [0.2, 0.25) is 5.90 Å². The van der Waals surface area contributed by atoms with Crippen molar-refractivity contribution in [1.82, 2.24) is 5.32 Å². The number of rotatable bonds is 2. The Labute approximate surface area is 118 Å². The average molecular weight is 303 g/mol. The number of ether oxygens (including phenoxy) is 1. The maximum absolute atomic E-state index is 11.8. The summed E-state index contributed by atoms with van der Waals surface area (Å²) < 4.78 is 32.8. The van der Waals surface area contributed by atoms with E-state index in [0.717, 1.165) is 19.5 Å². The second kappa shape index (κ2) is 5.48. The lowest BCUT2D eigenvalue weighted by molar-refractivity contribution is 0.250. The Balaban J connectivity index is 0.00000133. The number of fused-ring (bicyclic) bond motifs is 1. The molecule has 1 N–H and O–H groups in total. The fourth-order valence-electron chi connectivity index (χ4n) is 2.23. The lowest BCUT2D eigenvalue weighted by Crippen LogP contribution is -2.16. The average Bonchev–Trinajstić information content (AvgIpc) is 2.95. The van der Waals surface area contributed by atoms with Crippen molar-refractivity contribution in [2.75, 3.05) is 19.7 Å². The van der Waals surface area contributed by atoms with Gasteiger partial charge in [-0.15, -0.1) is 16.8 Å². The van der Waals surface area contributed by atoms with Crippen LogP contribution in [-0.4, -0.2) is 34.0 Å². The number of hydrogen-bond acceptors (Lipinski definition) is 4. The fourth-order valence-corrected chi connectivity index (χ4v) is 3.38. The van der Waals surface area contributed by atoms with Gasteiger partial charge in [0.05, 0.1) is 12.2 Å². The van der Waals surface area contributed by atoms with Crippen LogP contribution in [0.2, 0.25) is 0 Å². The van der Waals surface area contributed by atoms with Crippen LogP contribution in [0.25, 0.3) is 0 Å². The number of nitrogens with zero attached hydrogens (tertiary/aromatic N) is 1. The monoisotopic (exact) mass is 302 g/mol. The summed E-state index contributed by atoms with van der Waals surface area (Å²) in [5.41, 5.74) is 0.573. The number of halogens is 1. The molecule has 1 unspecified atom stereocenters. The van der Waals surface area contributed by atoms with Crippen molar-refractivity contribution in [2.24, 2.45) is 10.3 Å². The van der Waals surface area contributed by atoms with E-state index in [2.05, 4.69) is 9.71 Å². The van der Waals surface area contributed by atoms with Gasteiger partial charge in [-0.05, 0) is 25.1 Å². The van der Waals surface area contributed by atoms with E-state index in [9.17, 15) is 8.42 Å². The SMILES string of the molecule is Cl.O=S1(=O)N=C(OCC2CCNC2)c2ccccc21. The minimum absolute atomic E-state index is 0. The molecule has 1 fully saturated rings. The Bertz CT molecular complexity index is 595. The Kier molecular flexibility index (Phi) is 4.13. The molecule has 0 aliphatic carbocycles. The normalized spacial score (nSPS) is 23.4. The van der Waals surface area contributed by atoms with Crippen LogP contribution in [0, 0.1) is 5.92 Å². The molecule has 0 radical (unpaired) electrons. The first-order valence-corrected chi connectivity index (χ1v) is 7.39. The molecular weight excluding hydrogens is 288 g/mol. The molecule has 0 spiro atoms. The van der Waals surface area contributed by atoms with Crippen LogP contribution in [0.3, 0.4) is 0 Å². The molecule has 104 valence electrons. The number of sulfonamides is 1. The van der Waals surface area contributed by atoms with Crippen LogP contribution in [0.5, 0.6) is 0 Å². The van der Waals surface area contributed by atoms with E-state index in [-0.39, 0.29) is 23.2 Å². The van der Waals surface area contributed by atoms with Gasteiger partial charge in [-0.2, -0.15) is 8.42 Å². The molecule has 1 atom stereocenters. The first kappa shape index (κ1) is 14.3. The first-order chi connectivity index (χ1) is 8.67. The zero-order valence-corrected chi connectivity index (χ0v) is 11.8. The van der Waals surface area contributed by atoms with Gasteiger partial charge in [-0.3, -0.25) is 0 Å². The lowest BCUT2D eigenvalue weighted by atomic mass is 10.1. The van der Waals surface area contributed by atoms with Crippen molar-refractivity contribution >= 4 is 28.3 Å². The van der Waals surface area contributed by atoms with Crippen LogP contribution in [-0.2, 0) is 14.8 Å². The zero-order chi connectivity index (χ0) is 12.6. The summed E-state index contributed by atoms with van der Waals surface area (Å²) in [4.78, 5) is 0.240. The molecule has 0 aromatic heterocycles. The highest BCUT2D eigenvalue weighted by Crippen LogP contribution is 2.26. The number of benzene rings is 1. The molecule has 2 heterocycles. The van der Waals surface area contributed by atoms with Crippen molar-refractivity contribution in [3.05, 3.63) is 29.8 Å². The summed E-state index contributed by atoms with van der Waals surface area (Å²) in [5, 5.41) is 3.24. The largest absolute Gasteiger partial charge is 0.476 e. The molecule has 5 nitrogen and oxygen atoms in total. The van der Waals surface area contributed by atoms with Crippen molar-refractivity contribution in [1.29, 1.82) is 0 Å². The molecule has 7 heteroatoms. The smallest absolute Gasteiger partial charge is 0.286 e. The van der Waals surface area contributed by atoms with Crippen LogP contribution in [0.4, 0.5) is 0 Å². The van der Waals surface area contributed by atoms with E-state index in [0.29, 0.717) is 18.1 Å². The Hall–Kier alpha value is -1.11. The van der Waals surface area contributed by atoms with E-state index >= 15 is 0 Å². The van der Waals surface area contributed by atoms with Gasteiger partial charge in [-0.25, -0.2) is 0 Å². The van der Waals surface area contributed by atoms with Crippen LogP contribution in [0.15, 0.2) is 33.6 Å². The second-order valence-electron chi connectivity index (χ2n) is 4.54. The Morgan fingerprint density at radius 2 is 2.16 bits per heavy atom. The number of hydrogen-bond donors (Lipinski definition) is 1. The van der Waals surface area contributed by atoms with Gasteiger partial charge in [0.25, 0.3) is 10.0 Å². The fraction of sp³-hybridized carbons (Fsp3) is 0.417. The van der Waals surface area contributed by atoms with Crippen molar-refractivity contribution in [3.8, 4) is 0 Å². The summed E-state index contributed by atoms with van der Waals surface area (Å²) in [6.07, 6.45) is 1.06. The molecule has 2 aliphatic heterocycles. The predicted molar refractivity (Wildman–Crippen MR) is 74.3 cm³/mol. The molecule has 0 saturated carbocycles. The first-order valence-electron chi connectivity index (χ1n) is 5.95. The molecule has 1 aromatic carbocycles. The summed E-state index contributed by atoms with van der Waals surface area (Å²) in [7, 11) is -3.55. The van der Waals surface area contributed by atoms with Gasteiger partial charge in [0.1, 0.15) is 4.90 Å². The second-order valence-corrected chi connectivity index (χ2v) is 6.11. The minimum atomic E-state index is -3.55. The topological polar surface area (TPSA) is 67.8 Å². The maximum Gasteiger partial charge on any atom is 0.286 e. The van der Waals surface area contributed by atoms with Gasteiger partial charge in [0.15, 0.2) is 0 Å². The predicted octanol–water partition coefficient (Wildman–Crippen LogP) is 1.18. The van der Waals surface area contributed by atoms with Crippen molar-refractivity contribution in [3.63, 3.8) is 0 Å². The molecule has 0 amide bonds. The number of nitrogens with one attached hydrogen (secondary N) is 1. The summed E-state index contributed by atoms with van der Waals surface area (Å²) in [5.74, 6) is 0.667. The van der Waals surface area contributed by atoms with Crippen molar-refractivity contribution < 1.29 is 13.2 Å². The highest BCUT2D eigenvalue weighted by atomic mass is 35.5. The van der Waals surface area contributed by atoms with Gasteiger partial charge < -0.3 is 10.1 Å². The third-order valence-electron chi connectivity index (χ3n) is 3.22. The van der Waals surface area contributed by atoms with Crippen molar-refractivity contribution in [2.45, 2.75) is 11.3 Å². The molecule has 1 aromatic rings. The standard InChI is InChI=1S/C12H14N2O3S.ClH/c15-18(16)11-4-2-1-3-10(11)12(14-18)17-8-9-5-6-13-7-9;/h1-4,9,13H,5-8H2;1H. The third kappa shape index (κ3) is 2.75. The van der Waals surface area contributed by atoms with E-state index in [4.69, 9.17) is 4.74 Å². The summed E-state index contributed by atoms with van der Waals surface area (Å²) in [6.45, 7) is 2.42. The molecule has 1 saturated heterocycles. The molecule has 2 aliphatic rings. The molecule has 0 bridgehead atoms. The third-order valence-corrected chi connectivity index (χ3v) is 4.53. The molecular formula is C12H15ClN2O3S. The van der Waals surface area contributed by atoms with Gasteiger partial charge >= 0.3 is 0 Å². The Morgan fingerprint density at radius 3 is 2.89 bits per heavy atom. The van der Waals surface area contributed by atoms with Gasteiger partial charge in [-0.1, -0.05) is 12.1 Å². The Morgan fingerprint density at radius 1 is 1.37 bits per heavy atom. The molecule has 3 rings (SSSR count). The van der Waals surface area contributed by atoms with E-state index in [1.165, 1.54) is 0 Å². The highest BCUT2D eigenvalue weighted by Gasteiger charge is 2.30. The van der Waals surface area contributed by atoms with Gasteiger partial charge in [0, 0.05) is 12.5 Å². The van der Waals surface area contributed by atoms with Crippen LogP contribution in [0.1, 0.15) is 12.0 Å². The summed E-state index contributed by atoms with van der Waals surface area (Å²) in [6, 6.07) is 6.76. The van der Waals surface area contributed by atoms with E-state index in [1.807, 2.05) is 0 Å². The maximum atomic E-state index is 11.8. The van der Waals surface area contributed by atoms with Crippen LogP contribution < -0.4 is 5.32 Å². The zero-order valence-electron chi connectivity index (χ0n) is 10.2. The summed E-state index contributed by atoms with van der Waals surface area (Å²) >= 11 is 0. The minimum Gasteiger partial charge on any atom is -0.476 e. The quantitative estimate of drug-likeness (QED) is 0.891. The van der Waals surface area contributed by atoms with E-state index < -0.39 is 10.0 Å². The van der Waals surface area contributed by atoms with E-state index in [1.54, 1.807) is 24.3 Å². The lowest BCUT2D eigenvalue weighted by Gasteiger charge is -2.10. The highest BCUT2D eigenvalue weighted by molar-refractivity contribution is 7.90. The molecule has 19 heavy (non-hydrogen) atoms.